The number of alkyl halides is 3. The second kappa shape index (κ2) is 11.1. The number of sulfone groups is 1. The molecule has 1 aromatic carbocycles. The Hall–Kier alpha value is -2.81. The number of hydrogen-bond donors (Lipinski definition) is 2. The molecular weight excluding hydrogens is 521 g/mol. The van der Waals surface area contributed by atoms with E-state index in [2.05, 4.69) is 10.1 Å². The highest BCUT2D eigenvalue weighted by molar-refractivity contribution is 7.96. The number of ether oxygens (including phenoxy) is 1. The summed E-state index contributed by atoms with van der Waals surface area (Å²) in [5, 5.41) is 13.1. The number of hydrogen-bond acceptors (Lipinski definition) is 8. The monoisotopic (exact) mass is 546 g/mol. The maximum Gasteiger partial charge on any atom is 0.435 e. The Bertz CT molecular complexity index is 1330. The van der Waals surface area contributed by atoms with Crippen LogP contribution >= 0.6 is 11.9 Å². The van der Waals surface area contributed by atoms with Crippen LogP contribution in [0.25, 0.3) is 22.6 Å². The van der Waals surface area contributed by atoms with E-state index in [1.54, 1.807) is 30.5 Å². The van der Waals surface area contributed by atoms with E-state index in [1.165, 1.54) is 37.1 Å². The summed E-state index contributed by atoms with van der Waals surface area (Å²) in [6.45, 7) is 0.477. The average molecular weight is 547 g/mol. The Labute approximate surface area is 210 Å². The molecule has 2 N–H and O–H groups in total. The third kappa shape index (κ3) is 6.49. The predicted molar refractivity (Wildman–Crippen MR) is 128 cm³/mol. The van der Waals surface area contributed by atoms with Crippen molar-refractivity contribution in [3.8, 4) is 22.6 Å². The second-order valence-electron chi connectivity index (χ2n) is 7.82. The average Bonchev–Trinajstić information content (AvgIpc) is 3.45. The zero-order valence-electron chi connectivity index (χ0n) is 19.7. The van der Waals surface area contributed by atoms with Crippen LogP contribution in [0.3, 0.4) is 0 Å². The van der Waals surface area contributed by atoms with Gasteiger partial charge < -0.3 is 14.8 Å². The molecule has 0 saturated heterocycles. The number of carbonyl (C=O) groups excluding carboxylic acids is 1. The summed E-state index contributed by atoms with van der Waals surface area (Å²) in [5.41, 5.74) is 0.175. The normalized spacial score (nSPS) is 12.3. The number of H-pyrrole nitrogens is 1. The van der Waals surface area contributed by atoms with Gasteiger partial charge in [0.1, 0.15) is 6.54 Å². The fourth-order valence-corrected chi connectivity index (χ4v) is 4.81. The van der Waals surface area contributed by atoms with Crippen LogP contribution in [0.1, 0.15) is 18.2 Å². The minimum atomic E-state index is -4.73. The van der Waals surface area contributed by atoms with E-state index in [4.69, 9.17) is 4.74 Å². The van der Waals surface area contributed by atoms with Gasteiger partial charge in [-0.25, -0.2) is 8.42 Å². The van der Waals surface area contributed by atoms with E-state index < -0.39 is 40.8 Å². The quantitative estimate of drug-likeness (QED) is 0.225. The molecule has 36 heavy (non-hydrogen) atoms. The molecule has 0 aliphatic rings. The SMILES string of the molecule is CCS(=O)(=O)c1cc(-c2ccc(-c3cc(C(F)(F)F)nn3CC(=O)OCSN(C)C)[nH]2)ccc1CO. The summed E-state index contributed by atoms with van der Waals surface area (Å²) >= 11 is 1.20. The molecule has 0 aliphatic heterocycles. The third-order valence-electron chi connectivity index (χ3n) is 5.11. The van der Waals surface area contributed by atoms with E-state index in [0.29, 0.717) is 11.3 Å². The number of rotatable bonds is 10. The van der Waals surface area contributed by atoms with Crippen LogP contribution in [0.15, 0.2) is 41.3 Å². The van der Waals surface area contributed by atoms with Crippen molar-refractivity contribution in [2.75, 3.05) is 25.8 Å². The molecule has 14 heteroatoms. The Kier molecular flexibility index (Phi) is 8.54. The topological polar surface area (TPSA) is 118 Å². The lowest BCUT2D eigenvalue weighted by Gasteiger charge is -2.10. The molecule has 3 rings (SSSR count). The highest BCUT2D eigenvalue weighted by Gasteiger charge is 2.35. The molecule has 0 atom stereocenters. The maximum atomic E-state index is 13.4. The molecule has 0 unspecified atom stereocenters. The van der Waals surface area contributed by atoms with Gasteiger partial charge in [0.05, 0.1) is 28.6 Å². The number of aliphatic hydroxyl groups excluding tert-OH is 1. The van der Waals surface area contributed by atoms with Gasteiger partial charge in [-0.1, -0.05) is 19.1 Å². The first-order valence-electron chi connectivity index (χ1n) is 10.6. The first-order chi connectivity index (χ1) is 16.9. The number of esters is 1. The fourth-order valence-electron chi connectivity index (χ4n) is 3.27. The molecule has 0 saturated carbocycles. The summed E-state index contributed by atoms with van der Waals surface area (Å²) in [6.07, 6.45) is -4.73. The Morgan fingerprint density at radius 3 is 2.50 bits per heavy atom. The van der Waals surface area contributed by atoms with Gasteiger partial charge in [0.15, 0.2) is 21.5 Å². The predicted octanol–water partition coefficient (Wildman–Crippen LogP) is 3.56. The summed E-state index contributed by atoms with van der Waals surface area (Å²) in [7, 11) is -0.131. The first-order valence-corrected chi connectivity index (χ1v) is 13.2. The van der Waals surface area contributed by atoms with Gasteiger partial charge in [0.2, 0.25) is 0 Å². The molecule has 0 fully saturated rings. The maximum absolute atomic E-state index is 13.4. The molecule has 0 spiro atoms. The van der Waals surface area contributed by atoms with Crippen LogP contribution in [-0.2, 0) is 38.7 Å². The van der Waals surface area contributed by atoms with Gasteiger partial charge in [0, 0.05) is 5.69 Å². The zero-order chi connectivity index (χ0) is 26.7. The number of nitrogens with zero attached hydrogens (tertiary/aromatic N) is 3. The van der Waals surface area contributed by atoms with Gasteiger partial charge in [-0.3, -0.25) is 13.8 Å². The highest BCUT2D eigenvalue weighted by Crippen LogP contribution is 2.33. The lowest BCUT2D eigenvalue weighted by Crippen LogP contribution is -2.17. The van der Waals surface area contributed by atoms with E-state index in [-0.39, 0.29) is 33.5 Å². The summed E-state index contributed by atoms with van der Waals surface area (Å²) in [5.74, 6) is -0.932. The fraction of sp³-hybridized carbons (Fsp3) is 0.364. The molecule has 9 nitrogen and oxygen atoms in total. The van der Waals surface area contributed by atoms with Crippen LogP contribution in [-0.4, -0.2) is 64.4 Å². The lowest BCUT2D eigenvalue weighted by atomic mass is 10.1. The highest BCUT2D eigenvalue weighted by atomic mass is 32.2. The van der Waals surface area contributed by atoms with Crippen LogP contribution < -0.4 is 0 Å². The minimum absolute atomic E-state index is 0.000769. The van der Waals surface area contributed by atoms with E-state index >= 15 is 0 Å². The minimum Gasteiger partial charge on any atom is -0.452 e. The molecule has 2 aromatic heterocycles. The second-order valence-corrected chi connectivity index (χ2v) is 11.3. The molecule has 3 aromatic rings. The van der Waals surface area contributed by atoms with Gasteiger partial charge in [-0.15, -0.1) is 0 Å². The molecule has 2 heterocycles. The molecule has 0 amide bonds. The molecule has 0 radical (unpaired) electrons. The number of benzene rings is 1. The van der Waals surface area contributed by atoms with Crippen molar-refractivity contribution in [1.82, 2.24) is 19.1 Å². The van der Waals surface area contributed by atoms with Gasteiger partial charge in [-0.2, -0.15) is 18.3 Å². The number of nitrogens with one attached hydrogen (secondary N) is 1. The first kappa shape index (κ1) is 27.8. The van der Waals surface area contributed by atoms with Crippen molar-refractivity contribution in [2.24, 2.45) is 0 Å². The van der Waals surface area contributed by atoms with Gasteiger partial charge >= 0.3 is 12.1 Å². The smallest absolute Gasteiger partial charge is 0.435 e. The Balaban J connectivity index is 1.96. The van der Waals surface area contributed by atoms with Crippen LogP contribution in [0, 0.1) is 0 Å². The zero-order valence-corrected chi connectivity index (χ0v) is 21.3. The van der Waals surface area contributed by atoms with E-state index in [0.717, 1.165) is 10.7 Å². The van der Waals surface area contributed by atoms with Crippen molar-refractivity contribution >= 4 is 27.8 Å². The Morgan fingerprint density at radius 2 is 1.89 bits per heavy atom. The van der Waals surface area contributed by atoms with Crippen molar-refractivity contribution in [1.29, 1.82) is 0 Å². The molecule has 0 aliphatic carbocycles. The molecule has 196 valence electrons. The number of halogens is 3. The van der Waals surface area contributed by atoms with Crippen molar-refractivity contribution in [2.45, 2.75) is 31.1 Å². The standard InChI is InChI=1S/C22H25F3N4O5S2/c1-4-36(32,33)19-9-14(5-6-15(19)12-30)16-7-8-17(26-16)18-10-20(22(23,24)25)27-29(18)11-21(31)34-13-35-28(2)3/h5-10,26,30H,4,11-13H2,1-3H3. The lowest BCUT2D eigenvalue weighted by molar-refractivity contribution is -0.144. The van der Waals surface area contributed by atoms with Crippen LogP contribution in [0.5, 0.6) is 0 Å². The van der Waals surface area contributed by atoms with E-state index in [1.807, 2.05) is 0 Å². The molecule has 0 bridgehead atoms. The largest absolute Gasteiger partial charge is 0.452 e. The van der Waals surface area contributed by atoms with Crippen molar-refractivity contribution < 1.29 is 36.2 Å². The Morgan fingerprint density at radius 1 is 1.19 bits per heavy atom. The summed E-state index contributed by atoms with van der Waals surface area (Å²) in [4.78, 5) is 15.1. The third-order valence-corrected chi connectivity index (χ3v) is 7.66. The van der Waals surface area contributed by atoms with E-state index in [9.17, 15) is 31.5 Å². The van der Waals surface area contributed by atoms with Crippen LogP contribution in [0.4, 0.5) is 13.2 Å². The van der Waals surface area contributed by atoms with Crippen LogP contribution in [0.2, 0.25) is 0 Å². The number of carbonyl (C=O) groups is 1. The molecular formula is C22H25F3N4O5S2. The number of aromatic nitrogens is 3. The summed E-state index contributed by atoms with van der Waals surface area (Å²) in [6, 6.07) is 8.37. The van der Waals surface area contributed by atoms with Gasteiger partial charge in [0.25, 0.3) is 0 Å². The van der Waals surface area contributed by atoms with Gasteiger partial charge in [-0.05, 0) is 61.4 Å². The van der Waals surface area contributed by atoms with Crippen molar-refractivity contribution in [3.63, 3.8) is 0 Å². The number of aromatic amines is 1. The number of aliphatic hydroxyl groups is 1. The van der Waals surface area contributed by atoms with Crippen molar-refractivity contribution in [3.05, 3.63) is 47.7 Å². The summed E-state index contributed by atoms with van der Waals surface area (Å²) < 4.78 is 72.7.